The third kappa shape index (κ3) is 3.82. The van der Waals surface area contributed by atoms with Crippen molar-refractivity contribution in [2.24, 2.45) is 0 Å². The van der Waals surface area contributed by atoms with E-state index in [2.05, 4.69) is 27.1 Å². The Labute approximate surface area is 114 Å². The maximum absolute atomic E-state index is 5.86. The van der Waals surface area contributed by atoms with Crippen molar-refractivity contribution in [2.45, 2.75) is 39.2 Å². The van der Waals surface area contributed by atoms with Gasteiger partial charge in [0.25, 0.3) is 0 Å². The molecule has 0 aromatic carbocycles. The van der Waals surface area contributed by atoms with E-state index in [4.69, 9.17) is 11.6 Å². The van der Waals surface area contributed by atoms with Gasteiger partial charge in [-0.25, -0.2) is 9.97 Å². The molecule has 0 atom stereocenters. The molecule has 1 saturated heterocycles. The van der Waals surface area contributed by atoms with Crippen LogP contribution in [0.25, 0.3) is 0 Å². The molecule has 0 aliphatic carbocycles. The van der Waals surface area contributed by atoms with Gasteiger partial charge in [-0.05, 0) is 44.3 Å². The summed E-state index contributed by atoms with van der Waals surface area (Å²) in [7, 11) is 0. The lowest BCUT2D eigenvalue weighted by Gasteiger charge is -2.32. The molecule has 0 unspecified atom stereocenters. The fraction of sp³-hybridized carbons (Fsp3) is 0.692. The topological polar surface area (TPSA) is 41.0 Å². The molecule has 0 radical (unpaired) electrons. The minimum atomic E-state index is 0.320. The number of piperidine rings is 1. The Balaban J connectivity index is 1.87. The number of nitrogens with zero attached hydrogens (tertiary/aromatic N) is 3. The minimum absolute atomic E-state index is 0.320. The zero-order valence-corrected chi connectivity index (χ0v) is 11.9. The number of nitrogens with one attached hydrogen (secondary N) is 1. The van der Waals surface area contributed by atoms with Crippen LogP contribution in [-0.2, 0) is 0 Å². The summed E-state index contributed by atoms with van der Waals surface area (Å²) in [5.41, 5.74) is 0.904. The fourth-order valence-corrected chi connectivity index (χ4v) is 2.66. The van der Waals surface area contributed by atoms with Crippen LogP contribution in [0.3, 0.4) is 0 Å². The molecule has 1 fully saturated rings. The summed E-state index contributed by atoms with van der Waals surface area (Å²) in [6, 6.07) is 2.45. The number of halogens is 1. The van der Waals surface area contributed by atoms with E-state index in [1.54, 1.807) is 0 Å². The van der Waals surface area contributed by atoms with Crippen LogP contribution in [0.4, 0.5) is 5.82 Å². The lowest BCUT2D eigenvalue weighted by Crippen LogP contribution is -2.39. The van der Waals surface area contributed by atoms with E-state index in [-0.39, 0.29) is 0 Å². The van der Waals surface area contributed by atoms with E-state index >= 15 is 0 Å². The van der Waals surface area contributed by atoms with Crippen molar-refractivity contribution in [3.8, 4) is 0 Å². The SMILES string of the molecule is CCCN1CCC(Nc2cc(C)nc(Cl)n2)CC1. The number of hydrogen-bond donors (Lipinski definition) is 1. The van der Waals surface area contributed by atoms with Crippen LogP contribution in [0.5, 0.6) is 0 Å². The predicted octanol–water partition coefficient (Wildman–Crippen LogP) is 2.72. The predicted molar refractivity (Wildman–Crippen MR) is 75.2 cm³/mol. The molecule has 4 nitrogen and oxygen atoms in total. The third-order valence-electron chi connectivity index (χ3n) is 3.31. The number of anilines is 1. The highest BCUT2D eigenvalue weighted by molar-refractivity contribution is 6.28. The first-order valence-corrected chi connectivity index (χ1v) is 7.05. The second kappa shape index (κ2) is 6.34. The zero-order valence-electron chi connectivity index (χ0n) is 11.1. The average Bonchev–Trinajstić information content (AvgIpc) is 2.31. The van der Waals surface area contributed by atoms with Gasteiger partial charge >= 0.3 is 0 Å². The molecule has 0 spiro atoms. The molecule has 1 aromatic rings. The molecule has 18 heavy (non-hydrogen) atoms. The molecular weight excluding hydrogens is 248 g/mol. The van der Waals surface area contributed by atoms with Crippen molar-refractivity contribution >= 4 is 17.4 Å². The molecule has 1 aromatic heterocycles. The number of likely N-dealkylation sites (tertiary alicyclic amines) is 1. The lowest BCUT2D eigenvalue weighted by molar-refractivity contribution is 0.219. The van der Waals surface area contributed by atoms with Crippen molar-refractivity contribution in [1.29, 1.82) is 0 Å². The van der Waals surface area contributed by atoms with E-state index < -0.39 is 0 Å². The van der Waals surface area contributed by atoms with Gasteiger partial charge in [-0.1, -0.05) is 6.92 Å². The van der Waals surface area contributed by atoms with E-state index in [1.165, 1.54) is 38.9 Å². The molecule has 1 N–H and O–H groups in total. The fourth-order valence-electron chi connectivity index (χ4n) is 2.43. The Hall–Kier alpha value is -0.870. The van der Waals surface area contributed by atoms with Gasteiger partial charge in [0.15, 0.2) is 0 Å². The van der Waals surface area contributed by atoms with Crippen molar-refractivity contribution in [2.75, 3.05) is 25.0 Å². The molecule has 2 rings (SSSR count). The van der Waals surface area contributed by atoms with Crippen LogP contribution in [0.2, 0.25) is 5.28 Å². The maximum Gasteiger partial charge on any atom is 0.224 e. The maximum atomic E-state index is 5.86. The van der Waals surface area contributed by atoms with Crippen molar-refractivity contribution in [1.82, 2.24) is 14.9 Å². The Morgan fingerprint density at radius 2 is 2.11 bits per heavy atom. The van der Waals surface area contributed by atoms with Crippen LogP contribution in [0, 0.1) is 6.92 Å². The Bertz CT molecular complexity index is 368. The number of hydrogen-bond acceptors (Lipinski definition) is 4. The Morgan fingerprint density at radius 1 is 1.39 bits per heavy atom. The van der Waals surface area contributed by atoms with Gasteiger partial charge in [0.05, 0.1) is 0 Å². The second-order valence-electron chi connectivity index (χ2n) is 4.92. The normalized spacial score (nSPS) is 17.9. The number of aryl methyl sites for hydroxylation is 1. The highest BCUT2D eigenvalue weighted by Gasteiger charge is 2.18. The Kier molecular flexibility index (Phi) is 4.78. The summed E-state index contributed by atoms with van der Waals surface area (Å²) < 4.78 is 0. The quantitative estimate of drug-likeness (QED) is 0.853. The molecule has 0 amide bonds. The molecule has 5 heteroatoms. The molecule has 1 aliphatic rings. The Morgan fingerprint density at radius 3 is 2.72 bits per heavy atom. The van der Waals surface area contributed by atoms with Crippen LogP contribution in [0.1, 0.15) is 31.9 Å². The molecular formula is C13H21ClN4. The number of aromatic nitrogens is 2. The van der Waals surface area contributed by atoms with E-state index in [9.17, 15) is 0 Å². The summed E-state index contributed by atoms with van der Waals surface area (Å²) in [6.07, 6.45) is 3.57. The van der Waals surface area contributed by atoms with Crippen molar-refractivity contribution < 1.29 is 0 Å². The monoisotopic (exact) mass is 268 g/mol. The molecule has 2 heterocycles. The van der Waals surface area contributed by atoms with Gasteiger partial charge in [0.1, 0.15) is 5.82 Å². The highest BCUT2D eigenvalue weighted by Crippen LogP contribution is 2.17. The van der Waals surface area contributed by atoms with Crippen molar-refractivity contribution in [3.63, 3.8) is 0 Å². The first-order chi connectivity index (χ1) is 8.67. The van der Waals surface area contributed by atoms with E-state index in [0.29, 0.717) is 11.3 Å². The summed E-state index contributed by atoms with van der Waals surface area (Å²) in [5, 5.41) is 3.78. The summed E-state index contributed by atoms with van der Waals surface area (Å²) >= 11 is 5.86. The summed E-state index contributed by atoms with van der Waals surface area (Å²) in [5.74, 6) is 0.849. The standard InChI is InChI=1S/C13H21ClN4/c1-3-6-18-7-4-11(5-8-18)16-12-9-10(2)15-13(14)17-12/h9,11H,3-8H2,1-2H3,(H,15,16,17). The van der Waals surface area contributed by atoms with E-state index in [1.807, 2.05) is 13.0 Å². The lowest BCUT2D eigenvalue weighted by atomic mass is 10.0. The highest BCUT2D eigenvalue weighted by atomic mass is 35.5. The van der Waals surface area contributed by atoms with Gasteiger partial charge in [0.2, 0.25) is 5.28 Å². The zero-order chi connectivity index (χ0) is 13.0. The first-order valence-electron chi connectivity index (χ1n) is 6.67. The number of rotatable bonds is 4. The van der Waals surface area contributed by atoms with Gasteiger partial charge < -0.3 is 10.2 Å². The summed E-state index contributed by atoms with van der Waals surface area (Å²) in [4.78, 5) is 10.8. The van der Waals surface area contributed by atoms with Crippen molar-refractivity contribution in [3.05, 3.63) is 17.0 Å². The minimum Gasteiger partial charge on any atom is -0.367 e. The molecule has 100 valence electrons. The first kappa shape index (κ1) is 13.6. The van der Waals surface area contributed by atoms with Gasteiger partial charge in [-0.3, -0.25) is 0 Å². The molecule has 1 aliphatic heterocycles. The van der Waals surface area contributed by atoms with Crippen LogP contribution >= 0.6 is 11.6 Å². The van der Waals surface area contributed by atoms with Gasteiger partial charge in [0, 0.05) is 30.9 Å². The van der Waals surface area contributed by atoms with Crippen LogP contribution < -0.4 is 5.32 Å². The van der Waals surface area contributed by atoms with Gasteiger partial charge in [-0.15, -0.1) is 0 Å². The van der Waals surface area contributed by atoms with Crippen LogP contribution in [-0.4, -0.2) is 40.5 Å². The molecule has 0 saturated carbocycles. The average molecular weight is 269 g/mol. The smallest absolute Gasteiger partial charge is 0.224 e. The summed E-state index contributed by atoms with van der Waals surface area (Å²) in [6.45, 7) is 7.72. The largest absolute Gasteiger partial charge is 0.367 e. The van der Waals surface area contributed by atoms with E-state index in [0.717, 1.165) is 11.5 Å². The van der Waals surface area contributed by atoms with Gasteiger partial charge in [-0.2, -0.15) is 0 Å². The third-order valence-corrected chi connectivity index (χ3v) is 3.48. The second-order valence-corrected chi connectivity index (χ2v) is 5.26. The van der Waals surface area contributed by atoms with Crippen LogP contribution in [0.15, 0.2) is 6.07 Å². The molecule has 0 bridgehead atoms.